The van der Waals surface area contributed by atoms with Crippen LogP contribution in [0, 0.1) is 6.92 Å². The first-order chi connectivity index (χ1) is 7.63. The molecule has 1 aromatic carbocycles. The quantitative estimate of drug-likeness (QED) is 0.857. The average Bonchev–Trinajstić information content (AvgIpc) is 2.58. The Morgan fingerprint density at radius 3 is 2.88 bits per heavy atom. The molecule has 0 saturated heterocycles. The molecule has 16 heavy (non-hydrogen) atoms. The number of aromatic nitrogens is 2. The minimum absolute atomic E-state index is 0.0216. The third-order valence-electron chi connectivity index (χ3n) is 2.70. The molecule has 4 nitrogen and oxygen atoms in total. The van der Waals surface area contributed by atoms with Gasteiger partial charge in [0.25, 0.3) is 0 Å². The molecule has 2 rings (SSSR count). The van der Waals surface area contributed by atoms with E-state index in [0.29, 0.717) is 6.54 Å². The summed E-state index contributed by atoms with van der Waals surface area (Å²) in [6.45, 7) is 4.64. The zero-order valence-electron chi connectivity index (χ0n) is 9.40. The second kappa shape index (κ2) is 3.96. The van der Waals surface area contributed by atoms with Gasteiger partial charge in [-0.2, -0.15) is 5.10 Å². The van der Waals surface area contributed by atoms with E-state index in [0.717, 1.165) is 22.2 Å². The van der Waals surface area contributed by atoms with Gasteiger partial charge < -0.3 is 5.11 Å². The van der Waals surface area contributed by atoms with Gasteiger partial charge in [0.1, 0.15) is 0 Å². The molecule has 84 valence electrons. The molecular weight excluding hydrogens is 204 g/mol. The Bertz CT molecular complexity index is 543. The van der Waals surface area contributed by atoms with Gasteiger partial charge in [-0.15, -0.1) is 0 Å². The maximum atomic E-state index is 10.8. The molecule has 0 aliphatic carbocycles. The SMILES string of the molecule is CCn1nc2c(C)cccc2c1CC(=O)O. The predicted octanol–water partition coefficient (Wildman–Crippen LogP) is 1.99. The highest BCUT2D eigenvalue weighted by atomic mass is 16.4. The standard InChI is InChI=1S/C12H14N2O2/c1-3-14-10(7-11(15)16)9-6-4-5-8(2)12(9)13-14/h4-6H,3,7H2,1-2H3,(H,15,16). The van der Waals surface area contributed by atoms with Crippen molar-refractivity contribution in [2.24, 2.45) is 0 Å². The summed E-state index contributed by atoms with van der Waals surface area (Å²) in [6, 6.07) is 5.85. The van der Waals surface area contributed by atoms with Crippen molar-refractivity contribution >= 4 is 16.9 Å². The van der Waals surface area contributed by atoms with E-state index in [4.69, 9.17) is 5.11 Å². The molecule has 0 unspecified atom stereocenters. The van der Waals surface area contributed by atoms with Crippen LogP contribution >= 0.6 is 0 Å². The minimum atomic E-state index is -0.821. The summed E-state index contributed by atoms with van der Waals surface area (Å²) in [7, 11) is 0. The Balaban J connectivity index is 2.68. The number of carboxylic acid groups (broad SMARTS) is 1. The van der Waals surface area contributed by atoms with Gasteiger partial charge in [0.05, 0.1) is 17.6 Å². The summed E-state index contributed by atoms with van der Waals surface area (Å²) in [5, 5.41) is 14.3. The van der Waals surface area contributed by atoms with E-state index in [1.165, 1.54) is 0 Å². The van der Waals surface area contributed by atoms with Crippen molar-refractivity contribution in [2.75, 3.05) is 0 Å². The van der Waals surface area contributed by atoms with E-state index in [1.807, 2.05) is 32.0 Å². The van der Waals surface area contributed by atoms with E-state index in [2.05, 4.69) is 5.10 Å². The number of carboxylic acids is 1. The fourth-order valence-electron chi connectivity index (χ4n) is 1.94. The molecule has 0 radical (unpaired) electrons. The largest absolute Gasteiger partial charge is 0.481 e. The first kappa shape index (κ1) is 10.7. The van der Waals surface area contributed by atoms with Crippen molar-refractivity contribution in [3.05, 3.63) is 29.5 Å². The molecule has 0 aliphatic heterocycles. The van der Waals surface area contributed by atoms with Gasteiger partial charge in [-0.3, -0.25) is 9.48 Å². The molecular formula is C12H14N2O2. The smallest absolute Gasteiger partial charge is 0.309 e. The van der Waals surface area contributed by atoms with E-state index in [-0.39, 0.29) is 6.42 Å². The third kappa shape index (κ3) is 1.66. The summed E-state index contributed by atoms with van der Waals surface area (Å²) in [5.74, 6) is -0.821. The zero-order chi connectivity index (χ0) is 11.7. The summed E-state index contributed by atoms with van der Waals surface area (Å²) in [6.07, 6.45) is 0.0216. The Morgan fingerprint density at radius 2 is 2.25 bits per heavy atom. The summed E-state index contributed by atoms with van der Waals surface area (Å²) < 4.78 is 1.77. The number of aryl methyl sites for hydroxylation is 2. The van der Waals surface area contributed by atoms with Gasteiger partial charge in [-0.25, -0.2) is 0 Å². The number of benzene rings is 1. The van der Waals surface area contributed by atoms with Crippen LogP contribution in [-0.4, -0.2) is 20.9 Å². The lowest BCUT2D eigenvalue weighted by molar-refractivity contribution is -0.136. The third-order valence-corrected chi connectivity index (χ3v) is 2.70. The van der Waals surface area contributed by atoms with E-state index in [9.17, 15) is 4.79 Å². The Hall–Kier alpha value is -1.84. The van der Waals surface area contributed by atoms with E-state index in [1.54, 1.807) is 4.68 Å². The summed E-state index contributed by atoms with van der Waals surface area (Å²) >= 11 is 0. The highest BCUT2D eigenvalue weighted by Gasteiger charge is 2.13. The second-order valence-electron chi connectivity index (χ2n) is 3.80. The topological polar surface area (TPSA) is 55.1 Å². The first-order valence-electron chi connectivity index (χ1n) is 5.30. The number of aliphatic carboxylic acids is 1. The number of nitrogens with zero attached hydrogens (tertiary/aromatic N) is 2. The van der Waals surface area contributed by atoms with Crippen LogP contribution in [0.4, 0.5) is 0 Å². The number of hydrogen-bond acceptors (Lipinski definition) is 2. The summed E-state index contributed by atoms with van der Waals surface area (Å²) in [4.78, 5) is 10.8. The van der Waals surface area contributed by atoms with Crippen LogP contribution in [0.5, 0.6) is 0 Å². The van der Waals surface area contributed by atoms with E-state index >= 15 is 0 Å². The lowest BCUT2D eigenvalue weighted by atomic mass is 10.1. The van der Waals surface area contributed by atoms with Gasteiger partial charge in [0.2, 0.25) is 0 Å². The minimum Gasteiger partial charge on any atom is -0.481 e. The number of rotatable bonds is 3. The molecule has 1 heterocycles. The maximum Gasteiger partial charge on any atom is 0.309 e. The van der Waals surface area contributed by atoms with Gasteiger partial charge >= 0.3 is 5.97 Å². The van der Waals surface area contributed by atoms with Gasteiger partial charge in [0.15, 0.2) is 0 Å². The molecule has 0 fully saturated rings. The molecule has 0 bridgehead atoms. The highest BCUT2D eigenvalue weighted by Crippen LogP contribution is 2.21. The average molecular weight is 218 g/mol. The number of carbonyl (C=O) groups is 1. The molecule has 4 heteroatoms. The molecule has 0 amide bonds. The normalized spacial score (nSPS) is 10.9. The number of hydrogen-bond donors (Lipinski definition) is 1. The predicted molar refractivity (Wildman–Crippen MR) is 61.5 cm³/mol. The first-order valence-corrected chi connectivity index (χ1v) is 5.30. The molecule has 1 N–H and O–H groups in total. The summed E-state index contributed by atoms with van der Waals surface area (Å²) in [5.41, 5.74) is 2.77. The van der Waals surface area contributed by atoms with Crippen molar-refractivity contribution in [1.29, 1.82) is 0 Å². The Labute approximate surface area is 93.5 Å². The monoisotopic (exact) mass is 218 g/mol. The van der Waals surface area contributed by atoms with Crippen molar-refractivity contribution in [2.45, 2.75) is 26.8 Å². The maximum absolute atomic E-state index is 10.8. The van der Waals surface area contributed by atoms with Crippen LogP contribution in [0.15, 0.2) is 18.2 Å². The molecule has 0 spiro atoms. The van der Waals surface area contributed by atoms with Crippen LogP contribution in [-0.2, 0) is 17.8 Å². The molecule has 0 saturated carbocycles. The van der Waals surface area contributed by atoms with Crippen molar-refractivity contribution in [3.8, 4) is 0 Å². The van der Waals surface area contributed by atoms with Gasteiger partial charge in [0, 0.05) is 11.9 Å². The Morgan fingerprint density at radius 1 is 1.50 bits per heavy atom. The van der Waals surface area contributed by atoms with Crippen LogP contribution in [0.1, 0.15) is 18.2 Å². The Kier molecular flexibility index (Phi) is 2.64. The lowest BCUT2D eigenvalue weighted by Crippen LogP contribution is -2.08. The number of fused-ring (bicyclic) bond motifs is 1. The lowest BCUT2D eigenvalue weighted by Gasteiger charge is -2.01. The fraction of sp³-hybridized carbons (Fsp3) is 0.333. The second-order valence-corrected chi connectivity index (χ2v) is 3.80. The van der Waals surface area contributed by atoms with Crippen LogP contribution in [0.2, 0.25) is 0 Å². The van der Waals surface area contributed by atoms with E-state index < -0.39 is 5.97 Å². The van der Waals surface area contributed by atoms with Crippen molar-refractivity contribution in [1.82, 2.24) is 9.78 Å². The van der Waals surface area contributed by atoms with Crippen molar-refractivity contribution in [3.63, 3.8) is 0 Å². The van der Waals surface area contributed by atoms with Crippen LogP contribution in [0.25, 0.3) is 10.9 Å². The molecule has 2 aromatic rings. The van der Waals surface area contributed by atoms with Crippen LogP contribution < -0.4 is 0 Å². The molecule has 1 aromatic heterocycles. The zero-order valence-corrected chi connectivity index (χ0v) is 9.40. The van der Waals surface area contributed by atoms with Gasteiger partial charge in [-0.05, 0) is 19.4 Å². The highest BCUT2D eigenvalue weighted by molar-refractivity contribution is 5.87. The molecule has 0 atom stereocenters. The van der Waals surface area contributed by atoms with Gasteiger partial charge in [-0.1, -0.05) is 18.2 Å². The van der Waals surface area contributed by atoms with Crippen molar-refractivity contribution < 1.29 is 9.90 Å². The fourth-order valence-corrected chi connectivity index (χ4v) is 1.94. The van der Waals surface area contributed by atoms with Crippen LogP contribution in [0.3, 0.4) is 0 Å². The molecule has 0 aliphatic rings.